The van der Waals surface area contributed by atoms with E-state index in [2.05, 4.69) is 10.1 Å². The van der Waals surface area contributed by atoms with Gasteiger partial charge in [0.15, 0.2) is 0 Å². The molecule has 0 bridgehead atoms. The number of thioether (sulfide) groups is 1. The molecule has 1 fully saturated rings. The van der Waals surface area contributed by atoms with E-state index in [1.165, 1.54) is 7.11 Å². The van der Waals surface area contributed by atoms with Crippen LogP contribution < -0.4 is 5.32 Å². The van der Waals surface area contributed by atoms with Gasteiger partial charge in [-0.05, 0) is 0 Å². The topological polar surface area (TPSA) is 75.7 Å². The molecule has 0 aliphatic carbocycles. The zero-order chi connectivity index (χ0) is 11.3. The van der Waals surface area contributed by atoms with Gasteiger partial charge in [0.1, 0.15) is 6.61 Å². The number of methoxy groups -OCH3 is 1. The van der Waals surface area contributed by atoms with E-state index in [4.69, 9.17) is 0 Å². The summed E-state index contributed by atoms with van der Waals surface area (Å²) in [5, 5.41) is 2.28. The summed E-state index contributed by atoms with van der Waals surface area (Å²) in [5.74, 6) is -0.263. The van der Waals surface area contributed by atoms with E-state index in [9.17, 15) is 14.4 Å². The Kier molecular flexibility index (Phi) is 4.57. The van der Waals surface area contributed by atoms with E-state index in [1.807, 2.05) is 0 Å². The Hall–Kier alpha value is -1.08. The van der Waals surface area contributed by atoms with Crippen LogP contribution in [0.25, 0.3) is 0 Å². The van der Waals surface area contributed by atoms with Gasteiger partial charge < -0.3 is 10.1 Å². The standard InChI is InChI=1S/C8H12N2O4S/c1-14-4-6(11)9-2-3-10-7(12)5-15-8(10)13/h2-5H2,1H3,(H,9,11). The van der Waals surface area contributed by atoms with Gasteiger partial charge in [-0.2, -0.15) is 0 Å². The van der Waals surface area contributed by atoms with Crippen LogP contribution in [0.2, 0.25) is 0 Å². The van der Waals surface area contributed by atoms with Crippen molar-refractivity contribution in [1.82, 2.24) is 10.2 Å². The van der Waals surface area contributed by atoms with E-state index in [1.54, 1.807) is 0 Å². The summed E-state index contributed by atoms with van der Waals surface area (Å²) in [6, 6.07) is 0. The molecule has 1 N–H and O–H groups in total. The van der Waals surface area contributed by atoms with Crippen molar-refractivity contribution in [2.75, 3.05) is 32.6 Å². The van der Waals surface area contributed by atoms with E-state index in [0.717, 1.165) is 16.7 Å². The van der Waals surface area contributed by atoms with Crippen molar-refractivity contribution in [2.24, 2.45) is 0 Å². The van der Waals surface area contributed by atoms with Gasteiger partial charge in [0, 0.05) is 20.2 Å². The molecule has 0 saturated carbocycles. The average Bonchev–Trinajstić information content (AvgIpc) is 2.49. The molecule has 0 aromatic rings. The van der Waals surface area contributed by atoms with Gasteiger partial charge in [-0.15, -0.1) is 0 Å². The Labute approximate surface area is 91.3 Å². The zero-order valence-corrected chi connectivity index (χ0v) is 9.13. The number of carbonyl (C=O) groups is 3. The Balaban J connectivity index is 2.22. The lowest BCUT2D eigenvalue weighted by molar-refractivity contribution is -0.127. The van der Waals surface area contributed by atoms with Crippen LogP contribution >= 0.6 is 11.8 Å². The highest BCUT2D eigenvalue weighted by molar-refractivity contribution is 8.14. The highest BCUT2D eigenvalue weighted by atomic mass is 32.2. The second-order valence-corrected chi connectivity index (χ2v) is 3.81. The van der Waals surface area contributed by atoms with Gasteiger partial charge in [0.25, 0.3) is 5.24 Å². The number of hydrogen-bond acceptors (Lipinski definition) is 5. The Bertz CT molecular complexity index is 266. The maximum absolute atomic E-state index is 11.1. The Morgan fingerprint density at radius 3 is 2.87 bits per heavy atom. The molecule has 0 spiro atoms. The fraction of sp³-hybridized carbons (Fsp3) is 0.625. The molecule has 1 aliphatic heterocycles. The molecule has 3 amide bonds. The second kappa shape index (κ2) is 5.72. The highest BCUT2D eigenvalue weighted by Gasteiger charge is 2.29. The van der Waals surface area contributed by atoms with Crippen molar-refractivity contribution in [2.45, 2.75) is 0 Å². The molecule has 0 aromatic heterocycles. The molecule has 0 radical (unpaired) electrons. The van der Waals surface area contributed by atoms with Crippen LogP contribution in [0.5, 0.6) is 0 Å². The van der Waals surface area contributed by atoms with Gasteiger partial charge in [-0.25, -0.2) is 0 Å². The predicted molar refractivity (Wildman–Crippen MR) is 54.5 cm³/mol. The molecule has 0 aromatic carbocycles. The number of nitrogens with zero attached hydrogens (tertiary/aromatic N) is 1. The second-order valence-electron chi connectivity index (χ2n) is 2.88. The van der Waals surface area contributed by atoms with Crippen molar-refractivity contribution in [3.63, 3.8) is 0 Å². The first-order valence-corrected chi connectivity index (χ1v) is 5.36. The van der Waals surface area contributed by atoms with Gasteiger partial charge in [0.2, 0.25) is 11.8 Å². The van der Waals surface area contributed by atoms with Crippen molar-refractivity contribution in [1.29, 1.82) is 0 Å². The van der Waals surface area contributed by atoms with Crippen LogP contribution in [0.1, 0.15) is 0 Å². The SMILES string of the molecule is COCC(=O)NCCN1C(=O)CSC1=O. The first-order valence-electron chi connectivity index (χ1n) is 4.38. The summed E-state index contributed by atoms with van der Waals surface area (Å²) in [5.41, 5.74) is 0. The largest absolute Gasteiger partial charge is 0.375 e. The monoisotopic (exact) mass is 232 g/mol. The molecule has 6 nitrogen and oxygen atoms in total. The summed E-state index contributed by atoms with van der Waals surface area (Å²) in [6.45, 7) is 0.469. The number of amides is 3. The van der Waals surface area contributed by atoms with Crippen LogP contribution in [0.4, 0.5) is 4.79 Å². The minimum atomic E-state index is -0.260. The number of hydrogen-bond donors (Lipinski definition) is 1. The maximum Gasteiger partial charge on any atom is 0.288 e. The van der Waals surface area contributed by atoms with Crippen LogP contribution in [0, 0.1) is 0 Å². The summed E-state index contributed by atoms with van der Waals surface area (Å²) in [6.07, 6.45) is 0. The first-order chi connectivity index (χ1) is 7.15. The quantitative estimate of drug-likeness (QED) is 0.688. The normalized spacial score (nSPS) is 15.9. The Morgan fingerprint density at radius 1 is 1.60 bits per heavy atom. The molecule has 15 heavy (non-hydrogen) atoms. The first kappa shape index (κ1) is 12.0. The summed E-state index contributed by atoms with van der Waals surface area (Å²) in [4.78, 5) is 34.3. The number of nitrogens with one attached hydrogen (secondary N) is 1. The number of ether oxygens (including phenoxy) is 1. The van der Waals surface area contributed by atoms with Gasteiger partial charge in [0.05, 0.1) is 5.75 Å². The van der Waals surface area contributed by atoms with Crippen molar-refractivity contribution in [3.05, 3.63) is 0 Å². The van der Waals surface area contributed by atoms with E-state index in [-0.39, 0.29) is 42.5 Å². The average molecular weight is 232 g/mol. The molecule has 1 saturated heterocycles. The molecular weight excluding hydrogens is 220 g/mol. The third kappa shape index (κ3) is 3.52. The van der Waals surface area contributed by atoms with Crippen molar-refractivity contribution < 1.29 is 19.1 Å². The van der Waals surface area contributed by atoms with E-state index < -0.39 is 0 Å². The molecular formula is C8H12N2O4S. The summed E-state index contributed by atoms with van der Waals surface area (Å²) in [7, 11) is 1.42. The third-order valence-electron chi connectivity index (χ3n) is 1.77. The van der Waals surface area contributed by atoms with Gasteiger partial charge in [-0.1, -0.05) is 11.8 Å². The zero-order valence-electron chi connectivity index (χ0n) is 8.32. The van der Waals surface area contributed by atoms with Gasteiger partial charge in [-0.3, -0.25) is 19.3 Å². The highest BCUT2D eigenvalue weighted by Crippen LogP contribution is 2.17. The lowest BCUT2D eigenvalue weighted by Crippen LogP contribution is -2.38. The van der Waals surface area contributed by atoms with Gasteiger partial charge >= 0.3 is 0 Å². The summed E-state index contributed by atoms with van der Waals surface area (Å²) < 4.78 is 4.60. The fourth-order valence-electron chi connectivity index (χ4n) is 1.09. The molecule has 84 valence electrons. The lowest BCUT2D eigenvalue weighted by Gasteiger charge is -2.12. The molecule has 1 heterocycles. The molecule has 1 aliphatic rings. The third-order valence-corrected chi connectivity index (χ3v) is 2.63. The molecule has 0 unspecified atom stereocenters. The molecule has 7 heteroatoms. The van der Waals surface area contributed by atoms with Crippen molar-refractivity contribution in [3.8, 4) is 0 Å². The van der Waals surface area contributed by atoms with E-state index >= 15 is 0 Å². The number of rotatable bonds is 5. The molecule has 1 rings (SSSR count). The fourth-order valence-corrected chi connectivity index (χ4v) is 1.84. The summed E-state index contributed by atoms with van der Waals surface area (Å²) >= 11 is 0.983. The van der Waals surface area contributed by atoms with Crippen LogP contribution in [0.3, 0.4) is 0 Å². The minimum Gasteiger partial charge on any atom is -0.375 e. The van der Waals surface area contributed by atoms with Crippen LogP contribution in [-0.2, 0) is 14.3 Å². The Morgan fingerprint density at radius 2 is 2.33 bits per heavy atom. The number of imide groups is 1. The van der Waals surface area contributed by atoms with Crippen LogP contribution in [0.15, 0.2) is 0 Å². The van der Waals surface area contributed by atoms with Crippen molar-refractivity contribution >= 4 is 28.8 Å². The predicted octanol–water partition coefficient (Wildman–Crippen LogP) is -0.556. The minimum absolute atomic E-state index is 0.0172. The van der Waals surface area contributed by atoms with E-state index in [0.29, 0.717) is 0 Å². The van der Waals surface area contributed by atoms with Crippen LogP contribution in [-0.4, -0.2) is 54.5 Å². The smallest absolute Gasteiger partial charge is 0.288 e. The maximum atomic E-state index is 11.1. The lowest BCUT2D eigenvalue weighted by atomic mass is 10.5. The number of carbonyl (C=O) groups excluding carboxylic acids is 3. The molecule has 0 atom stereocenters.